The topological polar surface area (TPSA) is 108 Å². The lowest BCUT2D eigenvalue weighted by atomic mass is 10.2. The number of nitro groups is 1. The molecule has 0 fully saturated rings. The van der Waals surface area contributed by atoms with Crippen LogP contribution in [-0.2, 0) is 24.4 Å². The SMILES string of the molecule is CC(C)(C)OC(=O)N1Cc2nc(Cl)nc(OCc3ccccc3[N+](=O)[O-])c2C1. The van der Waals surface area contributed by atoms with Gasteiger partial charge in [0.2, 0.25) is 11.2 Å². The second-order valence-corrected chi connectivity index (χ2v) is 7.57. The van der Waals surface area contributed by atoms with Gasteiger partial charge in [0.15, 0.2) is 0 Å². The Labute approximate surface area is 166 Å². The van der Waals surface area contributed by atoms with Crippen molar-refractivity contribution in [3.63, 3.8) is 0 Å². The zero-order valence-electron chi connectivity index (χ0n) is 15.6. The maximum atomic E-state index is 12.3. The number of nitrogens with zero attached hydrogens (tertiary/aromatic N) is 4. The first-order valence-electron chi connectivity index (χ1n) is 8.52. The van der Waals surface area contributed by atoms with Crippen LogP contribution in [0.15, 0.2) is 24.3 Å². The van der Waals surface area contributed by atoms with Crippen LogP contribution < -0.4 is 4.74 Å². The number of nitro benzene ring substituents is 1. The van der Waals surface area contributed by atoms with Gasteiger partial charge in [0, 0.05) is 6.07 Å². The van der Waals surface area contributed by atoms with Gasteiger partial charge in [-0.2, -0.15) is 4.98 Å². The third-order valence-electron chi connectivity index (χ3n) is 3.92. The summed E-state index contributed by atoms with van der Waals surface area (Å²) in [4.78, 5) is 32.7. The fourth-order valence-corrected chi connectivity index (χ4v) is 2.91. The van der Waals surface area contributed by atoms with E-state index in [-0.39, 0.29) is 36.5 Å². The van der Waals surface area contributed by atoms with Gasteiger partial charge in [-0.15, -0.1) is 0 Å². The number of aromatic nitrogens is 2. The van der Waals surface area contributed by atoms with E-state index in [2.05, 4.69) is 9.97 Å². The van der Waals surface area contributed by atoms with Crippen LogP contribution in [0.2, 0.25) is 5.28 Å². The molecule has 9 nitrogen and oxygen atoms in total. The number of carbonyl (C=O) groups excluding carboxylic acids is 1. The highest BCUT2D eigenvalue weighted by atomic mass is 35.5. The van der Waals surface area contributed by atoms with E-state index in [1.807, 2.05) is 0 Å². The van der Waals surface area contributed by atoms with Gasteiger partial charge in [0.05, 0.1) is 34.8 Å². The van der Waals surface area contributed by atoms with Crippen molar-refractivity contribution < 1.29 is 19.2 Å². The van der Waals surface area contributed by atoms with Gasteiger partial charge in [-0.25, -0.2) is 9.78 Å². The van der Waals surface area contributed by atoms with E-state index in [9.17, 15) is 14.9 Å². The van der Waals surface area contributed by atoms with Crippen LogP contribution in [0.1, 0.15) is 37.6 Å². The maximum Gasteiger partial charge on any atom is 0.410 e. The molecule has 0 spiro atoms. The van der Waals surface area contributed by atoms with Crippen molar-refractivity contribution in [2.75, 3.05) is 0 Å². The molecule has 0 saturated carbocycles. The van der Waals surface area contributed by atoms with Crippen molar-refractivity contribution in [1.82, 2.24) is 14.9 Å². The van der Waals surface area contributed by atoms with Crippen LogP contribution in [0.25, 0.3) is 0 Å². The lowest BCUT2D eigenvalue weighted by Gasteiger charge is -2.23. The average Bonchev–Trinajstić information content (AvgIpc) is 3.02. The lowest BCUT2D eigenvalue weighted by Crippen LogP contribution is -2.33. The first-order valence-corrected chi connectivity index (χ1v) is 8.90. The van der Waals surface area contributed by atoms with Crippen molar-refractivity contribution >= 4 is 23.4 Å². The fourth-order valence-electron chi connectivity index (χ4n) is 2.73. The van der Waals surface area contributed by atoms with Crippen molar-refractivity contribution in [3.8, 4) is 5.88 Å². The minimum Gasteiger partial charge on any atom is -0.472 e. The molecule has 0 aliphatic carbocycles. The molecule has 0 N–H and O–H groups in total. The zero-order valence-corrected chi connectivity index (χ0v) is 16.4. The number of carbonyl (C=O) groups is 1. The number of rotatable bonds is 4. The number of para-hydroxylation sites is 1. The third kappa shape index (κ3) is 4.48. The van der Waals surface area contributed by atoms with E-state index in [0.717, 1.165) is 0 Å². The molecular weight excluding hydrogens is 388 g/mol. The first kappa shape index (κ1) is 19.8. The Morgan fingerprint density at radius 3 is 2.68 bits per heavy atom. The Bertz CT molecular complexity index is 929. The first-order chi connectivity index (χ1) is 13.1. The second kappa shape index (κ2) is 7.59. The molecule has 2 heterocycles. The molecule has 1 aromatic carbocycles. The van der Waals surface area contributed by atoms with Gasteiger partial charge >= 0.3 is 6.09 Å². The lowest BCUT2D eigenvalue weighted by molar-refractivity contribution is -0.385. The summed E-state index contributed by atoms with van der Waals surface area (Å²) in [7, 11) is 0. The molecule has 1 amide bonds. The van der Waals surface area contributed by atoms with Crippen LogP contribution in [0, 0.1) is 10.1 Å². The van der Waals surface area contributed by atoms with Crippen LogP contribution >= 0.6 is 11.6 Å². The minimum absolute atomic E-state index is 0.0256. The number of fused-ring (bicyclic) bond motifs is 1. The van der Waals surface area contributed by atoms with Gasteiger partial charge < -0.3 is 9.47 Å². The number of halogens is 1. The van der Waals surface area contributed by atoms with Gasteiger partial charge in [0.25, 0.3) is 5.69 Å². The van der Waals surface area contributed by atoms with Crippen molar-refractivity contribution in [3.05, 3.63) is 56.5 Å². The molecule has 1 aromatic heterocycles. The summed E-state index contributed by atoms with van der Waals surface area (Å²) >= 11 is 5.98. The molecule has 0 unspecified atom stereocenters. The molecule has 0 radical (unpaired) electrons. The van der Waals surface area contributed by atoms with Crippen LogP contribution in [0.3, 0.4) is 0 Å². The number of ether oxygens (including phenoxy) is 2. The van der Waals surface area contributed by atoms with Gasteiger partial charge in [-0.05, 0) is 38.4 Å². The summed E-state index contributed by atoms with van der Waals surface area (Å²) in [5.74, 6) is 0.194. The largest absolute Gasteiger partial charge is 0.472 e. The summed E-state index contributed by atoms with van der Waals surface area (Å²) in [5, 5.41) is 11.1. The van der Waals surface area contributed by atoms with E-state index in [4.69, 9.17) is 21.1 Å². The van der Waals surface area contributed by atoms with Crippen LogP contribution in [0.5, 0.6) is 5.88 Å². The normalized spacial score (nSPS) is 13.2. The van der Waals surface area contributed by atoms with E-state index in [1.54, 1.807) is 39.0 Å². The smallest absolute Gasteiger partial charge is 0.410 e. The molecule has 3 rings (SSSR count). The number of hydrogen-bond acceptors (Lipinski definition) is 7. The number of amides is 1. The van der Waals surface area contributed by atoms with E-state index in [0.29, 0.717) is 16.8 Å². The standard InChI is InChI=1S/C18H19ClN4O5/c1-18(2,3)28-17(24)22-8-12-13(9-22)20-16(19)21-15(12)27-10-11-6-4-5-7-14(11)23(25)26/h4-7H,8-10H2,1-3H3. The summed E-state index contributed by atoms with van der Waals surface area (Å²) in [6.45, 7) is 5.70. The van der Waals surface area contributed by atoms with Crippen molar-refractivity contribution in [1.29, 1.82) is 0 Å². The quantitative estimate of drug-likeness (QED) is 0.430. The molecule has 148 valence electrons. The van der Waals surface area contributed by atoms with Crippen LogP contribution in [-0.4, -0.2) is 31.5 Å². The highest BCUT2D eigenvalue weighted by Crippen LogP contribution is 2.31. The fraction of sp³-hybridized carbons (Fsp3) is 0.389. The monoisotopic (exact) mass is 406 g/mol. The Balaban J connectivity index is 1.79. The Kier molecular flexibility index (Phi) is 5.37. The van der Waals surface area contributed by atoms with Crippen molar-refractivity contribution in [2.24, 2.45) is 0 Å². The molecule has 0 bridgehead atoms. The number of hydrogen-bond donors (Lipinski definition) is 0. The highest BCUT2D eigenvalue weighted by Gasteiger charge is 2.32. The van der Waals surface area contributed by atoms with E-state index in [1.165, 1.54) is 11.0 Å². The zero-order chi connectivity index (χ0) is 20.5. The maximum absolute atomic E-state index is 12.3. The van der Waals surface area contributed by atoms with Crippen LogP contribution in [0.4, 0.5) is 10.5 Å². The summed E-state index contributed by atoms with van der Waals surface area (Å²) in [6.07, 6.45) is -0.480. The third-order valence-corrected chi connectivity index (χ3v) is 4.09. The molecular formula is C18H19ClN4O5. The summed E-state index contributed by atoms with van der Waals surface area (Å²) < 4.78 is 11.1. The molecule has 28 heavy (non-hydrogen) atoms. The number of benzene rings is 1. The van der Waals surface area contributed by atoms with Gasteiger partial charge in [-0.1, -0.05) is 12.1 Å². The Morgan fingerprint density at radius 2 is 2.00 bits per heavy atom. The average molecular weight is 407 g/mol. The highest BCUT2D eigenvalue weighted by molar-refractivity contribution is 6.28. The second-order valence-electron chi connectivity index (χ2n) is 7.23. The molecule has 10 heteroatoms. The molecule has 1 aliphatic heterocycles. The Hall–Kier alpha value is -2.94. The van der Waals surface area contributed by atoms with Gasteiger partial charge in [0.1, 0.15) is 12.2 Å². The minimum atomic E-state index is -0.624. The molecule has 2 aromatic rings. The van der Waals surface area contributed by atoms with Gasteiger partial charge in [-0.3, -0.25) is 15.0 Å². The predicted molar refractivity (Wildman–Crippen MR) is 100.0 cm³/mol. The molecule has 0 saturated heterocycles. The van der Waals surface area contributed by atoms with Crippen molar-refractivity contribution in [2.45, 2.75) is 46.1 Å². The predicted octanol–water partition coefficient (Wildman–Crippen LogP) is 3.87. The molecule has 0 atom stereocenters. The summed E-state index contributed by atoms with van der Waals surface area (Å²) in [5.41, 5.74) is 0.894. The van der Waals surface area contributed by atoms with E-state index < -0.39 is 16.6 Å². The summed E-state index contributed by atoms with van der Waals surface area (Å²) in [6, 6.07) is 6.28. The Morgan fingerprint density at radius 1 is 1.29 bits per heavy atom. The molecule has 1 aliphatic rings. The van der Waals surface area contributed by atoms with E-state index >= 15 is 0 Å².